The van der Waals surface area contributed by atoms with Gasteiger partial charge in [-0.15, -0.1) is 0 Å². The molecule has 0 spiro atoms. The van der Waals surface area contributed by atoms with Crippen LogP contribution in [0.5, 0.6) is 5.75 Å². The van der Waals surface area contributed by atoms with Gasteiger partial charge in [-0.05, 0) is 73.5 Å². The van der Waals surface area contributed by atoms with Crippen molar-refractivity contribution in [3.63, 3.8) is 0 Å². The number of benzene rings is 3. The van der Waals surface area contributed by atoms with Crippen molar-refractivity contribution < 1.29 is 14.3 Å². The second kappa shape index (κ2) is 9.26. The van der Waals surface area contributed by atoms with Crippen LogP contribution in [-0.4, -0.2) is 18.4 Å². The van der Waals surface area contributed by atoms with E-state index in [9.17, 15) is 9.59 Å². The van der Waals surface area contributed by atoms with Crippen molar-refractivity contribution in [2.24, 2.45) is 0 Å². The molecule has 3 rings (SSSR count). The molecule has 0 atom stereocenters. The molecule has 5 nitrogen and oxygen atoms in total. The van der Waals surface area contributed by atoms with Crippen molar-refractivity contribution in [1.82, 2.24) is 0 Å². The van der Waals surface area contributed by atoms with Gasteiger partial charge in [0.2, 0.25) is 0 Å². The van der Waals surface area contributed by atoms with E-state index < -0.39 is 0 Å². The Bertz CT molecular complexity index is 1030. The maximum absolute atomic E-state index is 12.4. The van der Waals surface area contributed by atoms with Gasteiger partial charge in [-0.25, -0.2) is 0 Å². The second-order valence-corrected chi connectivity index (χ2v) is 7.03. The van der Waals surface area contributed by atoms with Crippen LogP contribution in [0.3, 0.4) is 0 Å². The van der Waals surface area contributed by atoms with Gasteiger partial charge in [-0.2, -0.15) is 0 Å². The van der Waals surface area contributed by atoms with E-state index in [0.29, 0.717) is 27.7 Å². The molecule has 0 aliphatic rings. The highest BCUT2D eigenvalue weighted by molar-refractivity contribution is 6.30. The normalized spacial score (nSPS) is 10.3. The molecule has 0 saturated heterocycles. The Hall–Kier alpha value is -3.31. The van der Waals surface area contributed by atoms with Crippen molar-refractivity contribution in [1.29, 1.82) is 0 Å². The van der Waals surface area contributed by atoms with E-state index in [2.05, 4.69) is 10.6 Å². The summed E-state index contributed by atoms with van der Waals surface area (Å²) in [5.41, 5.74) is 3.70. The highest BCUT2D eigenvalue weighted by Crippen LogP contribution is 2.22. The van der Waals surface area contributed by atoms with Gasteiger partial charge in [-0.3, -0.25) is 9.59 Å². The summed E-state index contributed by atoms with van der Waals surface area (Å²) >= 11 is 5.86. The topological polar surface area (TPSA) is 67.4 Å². The van der Waals surface area contributed by atoms with Gasteiger partial charge in [0.05, 0.1) is 11.4 Å². The predicted octanol–water partition coefficient (Wildman–Crippen LogP) is 5.23. The third kappa shape index (κ3) is 5.59. The summed E-state index contributed by atoms with van der Waals surface area (Å²) in [6.45, 7) is 3.87. The molecule has 0 aromatic heterocycles. The summed E-state index contributed by atoms with van der Waals surface area (Å²) in [7, 11) is 0. The van der Waals surface area contributed by atoms with Crippen molar-refractivity contribution in [2.75, 3.05) is 17.2 Å². The zero-order valence-corrected chi connectivity index (χ0v) is 16.9. The van der Waals surface area contributed by atoms with Gasteiger partial charge < -0.3 is 15.4 Å². The molecule has 3 aromatic rings. The van der Waals surface area contributed by atoms with E-state index in [1.165, 1.54) is 0 Å². The number of rotatable bonds is 6. The van der Waals surface area contributed by atoms with Crippen LogP contribution in [0.4, 0.5) is 11.4 Å². The number of para-hydroxylation sites is 2. The van der Waals surface area contributed by atoms with E-state index >= 15 is 0 Å². The van der Waals surface area contributed by atoms with E-state index in [-0.39, 0.29) is 18.4 Å². The Morgan fingerprint density at radius 1 is 0.862 bits per heavy atom. The molecule has 0 radical (unpaired) electrons. The number of halogens is 1. The third-order valence-corrected chi connectivity index (χ3v) is 4.66. The molecule has 148 valence electrons. The van der Waals surface area contributed by atoms with Crippen LogP contribution in [0.15, 0.2) is 66.7 Å². The molecule has 29 heavy (non-hydrogen) atoms. The first-order chi connectivity index (χ1) is 13.9. The van der Waals surface area contributed by atoms with E-state index in [4.69, 9.17) is 16.3 Å². The average Bonchev–Trinajstić information content (AvgIpc) is 2.71. The van der Waals surface area contributed by atoms with E-state index in [0.717, 1.165) is 11.1 Å². The smallest absolute Gasteiger partial charge is 0.262 e. The fraction of sp³-hybridized carbons (Fsp3) is 0.130. The number of nitrogens with one attached hydrogen (secondary N) is 2. The minimum atomic E-state index is -0.323. The number of carbonyl (C=O) groups excluding carboxylic acids is 2. The van der Waals surface area contributed by atoms with Gasteiger partial charge in [0, 0.05) is 10.6 Å². The summed E-state index contributed by atoms with van der Waals surface area (Å²) < 4.78 is 5.57. The zero-order chi connectivity index (χ0) is 20.8. The molecule has 0 unspecified atom stereocenters. The van der Waals surface area contributed by atoms with Crippen LogP contribution in [0, 0.1) is 13.8 Å². The number of ether oxygens (including phenoxy) is 1. The second-order valence-electron chi connectivity index (χ2n) is 6.59. The van der Waals surface area contributed by atoms with Gasteiger partial charge in [0.1, 0.15) is 5.75 Å². The van der Waals surface area contributed by atoms with Crippen molar-refractivity contribution in [3.8, 4) is 5.75 Å². The van der Waals surface area contributed by atoms with Crippen molar-refractivity contribution >= 4 is 34.8 Å². The number of hydrogen-bond acceptors (Lipinski definition) is 3. The lowest BCUT2D eigenvalue weighted by Crippen LogP contribution is -2.21. The lowest BCUT2D eigenvalue weighted by atomic mass is 10.1. The molecule has 3 aromatic carbocycles. The molecule has 2 N–H and O–H groups in total. The first-order valence-corrected chi connectivity index (χ1v) is 9.46. The molecular weight excluding hydrogens is 388 g/mol. The Labute approximate surface area is 174 Å². The molecule has 0 bridgehead atoms. The number of hydrogen-bond donors (Lipinski definition) is 2. The lowest BCUT2D eigenvalue weighted by molar-refractivity contribution is -0.118. The van der Waals surface area contributed by atoms with E-state index in [1.54, 1.807) is 48.5 Å². The Morgan fingerprint density at radius 3 is 2.17 bits per heavy atom. The summed E-state index contributed by atoms with van der Waals surface area (Å²) in [6.07, 6.45) is 0. The van der Waals surface area contributed by atoms with Gasteiger partial charge in [-0.1, -0.05) is 29.8 Å². The third-order valence-electron chi connectivity index (χ3n) is 4.40. The number of carbonyl (C=O) groups is 2. The Balaban J connectivity index is 1.63. The van der Waals surface area contributed by atoms with Gasteiger partial charge >= 0.3 is 0 Å². The van der Waals surface area contributed by atoms with Gasteiger partial charge in [0.15, 0.2) is 6.61 Å². The molecule has 0 aliphatic heterocycles. The fourth-order valence-electron chi connectivity index (χ4n) is 2.64. The summed E-state index contributed by atoms with van der Waals surface area (Å²) in [5.74, 6) is 0.0127. The van der Waals surface area contributed by atoms with Crippen LogP contribution in [0.1, 0.15) is 21.5 Å². The van der Waals surface area contributed by atoms with Gasteiger partial charge in [0.25, 0.3) is 11.8 Å². The molecule has 2 amide bonds. The van der Waals surface area contributed by atoms with E-state index in [1.807, 2.05) is 32.0 Å². The first-order valence-electron chi connectivity index (χ1n) is 9.08. The molecule has 0 fully saturated rings. The summed E-state index contributed by atoms with van der Waals surface area (Å²) in [4.78, 5) is 24.8. The van der Waals surface area contributed by atoms with Crippen LogP contribution >= 0.6 is 11.6 Å². The lowest BCUT2D eigenvalue weighted by Gasteiger charge is -2.13. The minimum absolute atomic E-state index is 0.137. The number of anilines is 2. The summed E-state index contributed by atoms with van der Waals surface area (Å²) in [6, 6.07) is 19.2. The maximum Gasteiger partial charge on any atom is 0.262 e. The minimum Gasteiger partial charge on any atom is -0.484 e. The largest absolute Gasteiger partial charge is 0.484 e. The monoisotopic (exact) mass is 408 g/mol. The predicted molar refractivity (Wildman–Crippen MR) is 116 cm³/mol. The molecule has 0 heterocycles. The SMILES string of the molecule is Cc1ccc(OCC(=O)Nc2ccccc2NC(=O)c2ccc(Cl)cc2)cc1C. The van der Waals surface area contributed by atoms with Crippen LogP contribution < -0.4 is 15.4 Å². The molecular formula is C23H21ClN2O3. The maximum atomic E-state index is 12.4. The highest BCUT2D eigenvalue weighted by Gasteiger charge is 2.11. The number of amides is 2. The van der Waals surface area contributed by atoms with Crippen molar-refractivity contribution in [3.05, 3.63) is 88.4 Å². The highest BCUT2D eigenvalue weighted by atomic mass is 35.5. The molecule has 0 saturated carbocycles. The molecule has 6 heteroatoms. The Kier molecular flexibility index (Phi) is 6.52. The average molecular weight is 409 g/mol. The van der Waals surface area contributed by atoms with Crippen molar-refractivity contribution in [2.45, 2.75) is 13.8 Å². The van der Waals surface area contributed by atoms with Crippen LogP contribution in [0.25, 0.3) is 0 Å². The molecule has 0 aliphatic carbocycles. The van der Waals surface area contributed by atoms with Crippen LogP contribution in [-0.2, 0) is 4.79 Å². The standard InChI is InChI=1S/C23H21ClN2O3/c1-15-7-12-19(13-16(15)2)29-14-22(27)25-20-5-3-4-6-21(20)26-23(28)17-8-10-18(24)11-9-17/h3-13H,14H2,1-2H3,(H,25,27)(H,26,28). The number of aryl methyl sites for hydroxylation is 2. The van der Waals surface area contributed by atoms with Crippen LogP contribution in [0.2, 0.25) is 5.02 Å². The summed E-state index contributed by atoms with van der Waals surface area (Å²) in [5, 5.41) is 6.13. The zero-order valence-electron chi connectivity index (χ0n) is 16.2. The fourth-order valence-corrected chi connectivity index (χ4v) is 2.76. The Morgan fingerprint density at radius 2 is 1.52 bits per heavy atom. The first kappa shape index (κ1) is 20.4. The quantitative estimate of drug-likeness (QED) is 0.587.